The van der Waals surface area contributed by atoms with Crippen LogP contribution in [0.2, 0.25) is 0 Å². The SMILES string of the molecule is N#CC1=C(N)N(c2cccc([N+](=O)[O-])c2)C2=C(C(=O)CCC2)[C@@H]1c1ccc(Br)cc1. The number of non-ortho nitro benzene ring substituents is 1. The molecule has 0 spiro atoms. The van der Waals surface area contributed by atoms with Gasteiger partial charge in [-0.25, -0.2) is 0 Å². The largest absolute Gasteiger partial charge is 0.384 e. The van der Waals surface area contributed by atoms with Gasteiger partial charge in [-0.15, -0.1) is 0 Å². The summed E-state index contributed by atoms with van der Waals surface area (Å²) in [5, 5.41) is 21.2. The quantitative estimate of drug-likeness (QED) is 0.521. The molecule has 0 saturated carbocycles. The van der Waals surface area contributed by atoms with Crippen LogP contribution in [0.1, 0.15) is 30.7 Å². The molecule has 2 aliphatic rings. The highest BCUT2D eigenvalue weighted by Gasteiger charge is 2.40. The molecule has 0 saturated heterocycles. The number of nitriles is 1. The van der Waals surface area contributed by atoms with E-state index in [0.29, 0.717) is 36.2 Å². The lowest BCUT2D eigenvalue weighted by Gasteiger charge is -2.39. The number of carbonyl (C=O) groups is 1. The van der Waals surface area contributed by atoms with Crippen molar-refractivity contribution in [2.24, 2.45) is 5.73 Å². The average Bonchev–Trinajstić information content (AvgIpc) is 2.74. The van der Waals surface area contributed by atoms with Gasteiger partial charge in [0.1, 0.15) is 5.82 Å². The van der Waals surface area contributed by atoms with Gasteiger partial charge in [-0.1, -0.05) is 34.1 Å². The van der Waals surface area contributed by atoms with Gasteiger partial charge in [0, 0.05) is 34.3 Å². The van der Waals surface area contributed by atoms with E-state index in [-0.39, 0.29) is 22.9 Å². The van der Waals surface area contributed by atoms with E-state index in [1.165, 1.54) is 12.1 Å². The van der Waals surface area contributed by atoms with E-state index in [9.17, 15) is 20.2 Å². The van der Waals surface area contributed by atoms with Crippen LogP contribution >= 0.6 is 15.9 Å². The Hall–Kier alpha value is -3.44. The van der Waals surface area contributed by atoms with Gasteiger partial charge in [0.25, 0.3) is 5.69 Å². The smallest absolute Gasteiger partial charge is 0.271 e. The number of ketones is 1. The van der Waals surface area contributed by atoms with Gasteiger partial charge < -0.3 is 5.73 Å². The van der Waals surface area contributed by atoms with Crippen molar-refractivity contribution in [3.05, 3.63) is 91.3 Å². The highest BCUT2D eigenvalue weighted by molar-refractivity contribution is 9.10. The van der Waals surface area contributed by atoms with Crippen molar-refractivity contribution < 1.29 is 9.72 Å². The predicted molar refractivity (Wildman–Crippen MR) is 115 cm³/mol. The van der Waals surface area contributed by atoms with Gasteiger partial charge in [-0.2, -0.15) is 5.26 Å². The summed E-state index contributed by atoms with van der Waals surface area (Å²) < 4.78 is 0.889. The third kappa shape index (κ3) is 3.27. The van der Waals surface area contributed by atoms with Crippen LogP contribution in [-0.4, -0.2) is 10.7 Å². The summed E-state index contributed by atoms with van der Waals surface area (Å²) in [5.41, 5.74) is 9.15. The molecule has 4 rings (SSSR count). The maximum Gasteiger partial charge on any atom is 0.271 e. The number of nitrogens with zero attached hydrogens (tertiary/aromatic N) is 3. The highest BCUT2D eigenvalue weighted by Crippen LogP contribution is 2.46. The molecule has 30 heavy (non-hydrogen) atoms. The van der Waals surface area contributed by atoms with Crippen LogP contribution in [0.5, 0.6) is 0 Å². The number of hydrogen-bond acceptors (Lipinski definition) is 6. The number of halogens is 1. The number of benzene rings is 2. The van der Waals surface area contributed by atoms with E-state index in [0.717, 1.165) is 10.0 Å². The van der Waals surface area contributed by atoms with E-state index in [4.69, 9.17) is 5.73 Å². The first kappa shape index (κ1) is 19.9. The van der Waals surface area contributed by atoms with E-state index < -0.39 is 10.8 Å². The highest BCUT2D eigenvalue weighted by atomic mass is 79.9. The van der Waals surface area contributed by atoms with Crippen LogP contribution in [0.25, 0.3) is 0 Å². The summed E-state index contributed by atoms with van der Waals surface area (Å²) >= 11 is 3.41. The van der Waals surface area contributed by atoms with Crippen molar-refractivity contribution in [2.45, 2.75) is 25.2 Å². The van der Waals surface area contributed by atoms with Crippen LogP contribution in [0.15, 0.2) is 75.7 Å². The monoisotopic (exact) mass is 464 g/mol. The lowest BCUT2D eigenvalue weighted by atomic mass is 9.75. The zero-order chi connectivity index (χ0) is 21.4. The normalized spacial score (nSPS) is 18.9. The summed E-state index contributed by atoms with van der Waals surface area (Å²) in [6.07, 6.45) is 1.65. The first-order chi connectivity index (χ1) is 14.4. The second-order valence-electron chi connectivity index (χ2n) is 7.14. The Bertz CT molecular complexity index is 1160. The second-order valence-corrected chi connectivity index (χ2v) is 8.06. The summed E-state index contributed by atoms with van der Waals surface area (Å²) in [6.45, 7) is 0. The Morgan fingerprint density at radius 3 is 2.60 bits per heavy atom. The number of anilines is 1. The van der Waals surface area contributed by atoms with Crippen molar-refractivity contribution in [3.8, 4) is 6.07 Å². The van der Waals surface area contributed by atoms with Crippen molar-refractivity contribution in [1.29, 1.82) is 5.26 Å². The minimum atomic E-state index is -0.555. The third-order valence-corrected chi connectivity index (χ3v) is 5.94. The molecule has 0 amide bonds. The van der Waals surface area contributed by atoms with E-state index in [1.807, 2.05) is 24.3 Å². The number of nitrogens with two attached hydrogens (primary N) is 1. The number of rotatable bonds is 3. The molecule has 1 aliphatic heterocycles. The Labute approximate surface area is 181 Å². The molecule has 2 aromatic carbocycles. The summed E-state index contributed by atoms with van der Waals surface area (Å²) in [5.74, 6) is -0.389. The first-order valence-corrected chi connectivity index (χ1v) is 10.2. The third-order valence-electron chi connectivity index (χ3n) is 5.42. The molecule has 150 valence electrons. The molecule has 0 bridgehead atoms. The summed E-state index contributed by atoms with van der Waals surface area (Å²) in [6, 6.07) is 15.7. The lowest BCUT2D eigenvalue weighted by Crippen LogP contribution is -2.38. The molecule has 0 fully saturated rings. The van der Waals surface area contributed by atoms with E-state index in [2.05, 4.69) is 22.0 Å². The van der Waals surface area contributed by atoms with Crippen molar-refractivity contribution in [2.75, 3.05) is 4.90 Å². The Morgan fingerprint density at radius 2 is 1.93 bits per heavy atom. The number of Topliss-reactive ketones (excluding diaryl/α,β-unsaturated/α-hetero) is 1. The minimum Gasteiger partial charge on any atom is -0.384 e. The van der Waals surface area contributed by atoms with Crippen LogP contribution in [0.4, 0.5) is 11.4 Å². The lowest BCUT2D eigenvalue weighted by molar-refractivity contribution is -0.384. The number of hydrogen-bond donors (Lipinski definition) is 1. The molecule has 2 N–H and O–H groups in total. The predicted octanol–water partition coefficient (Wildman–Crippen LogP) is 4.66. The molecule has 8 heteroatoms. The van der Waals surface area contributed by atoms with Crippen molar-refractivity contribution >= 4 is 33.1 Å². The fourth-order valence-corrected chi connectivity index (χ4v) is 4.38. The molecule has 0 radical (unpaired) electrons. The number of carbonyl (C=O) groups excluding carboxylic acids is 1. The average molecular weight is 465 g/mol. The van der Waals surface area contributed by atoms with Crippen LogP contribution in [-0.2, 0) is 4.79 Å². The maximum atomic E-state index is 13.0. The van der Waals surface area contributed by atoms with Gasteiger partial charge in [-0.05, 0) is 36.6 Å². The van der Waals surface area contributed by atoms with Gasteiger partial charge in [-0.3, -0.25) is 19.8 Å². The van der Waals surface area contributed by atoms with Crippen molar-refractivity contribution in [3.63, 3.8) is 0 Å². The zero-order valence-electron chi connectivity index (χ0n) is 15.8. The maximum absolute atomic E-state index is 13.0. The fraction of sp³-hybridized carbons (Fsp3) is 0.182. The zero-order valence-corrected chi connectivity index (χ0v) is 17.4. The van der Waals surface area contributed by atoms with Gasteiger partial charge in [0.15, 0.2) is 5.78 Å². The molecule has 7 nitrogen and oxygen atoms in total. The van der Waals surface area contributed by atoms with Crippen molar-refractivity contribution in [1.82, 2.24) is 0 Å². The van der Waals surface area contributed by atoms with Crippen LogP contribution in [0.3, 0.4) is 0 Å². The molecule has 1 aliphatic carbocycles. The van der Waals surface area contributed by atoms with Gasteiger partial charge in [0.05, 0.1) is 28.2 Å². The second kappa shape index (κ2) is 7.76. The molecule has 1 atom stereocenters. The molecular weight excluding hydrogens is 448 g/mol. The standard InChI is InChI=1S/C22H17BrN4O3/c23-14-9-7-13(8-10-14)20-17(12-24)22(25)26(18-5-2-6-19(28)21(18)20)15-3-1-4-16(11-15)27(29)30/h1,3-4,7-11,20H,2,5-6,25H2/t20-/m1/s1. The van der Waals surface area contributed by atoms with Crippen LogP contribution < -0.4 is 10.6 Å². The van der Waals surface area contributed by atoms with Gasteiger partial charge in [0.2, 0.25) is 0 Å². The Morgan fingerprint density at radius 1 is 1.20 bits per heavy atom. The number of nitro benzene ring substituents is 1. The summed E-state index contributed by atoms with van der Waals surface area (Å²) in [4.78, 5) is 25.4. The van der Waals surface area contributed by atoms with E-state index >= 15 is 0 Å². The Kier molecular flexibility index (Phi) is 5.14. The Balaban J connectivity index is 1.95. The summed E-state index contributed by atoms with van der Waals surface area (Å²) in [7, 11) is 0. The molecule has 2 aromatic rings. The molecule has 1 heterocycles. The number of allylic oxidation sites excluding steroid dienone is 3. The van der Waals surface area contributed by atoms with E-state index in [1.54, 1.807) is 17.0 Å². The van der Waals surface area contributed by atoms with Crippen LogP contribution in [0, 0.1) is 21.4 Å². The first-order valence-electron chi connectivity index (χ1n) is 9.38. The topological polar surface area (TPSA) is 113 Å². The minimum absolute atomic E-state index is 0.0279. The number of nitro groups is 1. The van der Waals surface area contributed by atoms with Gasteiger partial charge >= 0.3 is 0 Å². The molecule has 0 aromatic heterocycles. The fourth-order valence-electron chi connectivity index (χ4n) is 4.12. The molecular formula is C22H17BrN4O3. The molecule has 0 unspecified atom stereocenters.